The van der Waals surface area contributed by atoms with Gasteiger partial charge in [-0.2, -0.15) is 13.2 Å². The number of amides is 1. The zero-order chi connectivity index (χ0) is 18.2. The SMILES string of the molecule is CC(=O)NC1CC(C)CN(c2ccc(C(F)(F)F)c3ncccc23)C1. The number of piperidine rings is 1. The molecule has 2 heterocycles. The minimum absolute atomic E-state index is 0.0183. The number of anilines is 1. The van der Waals surface area contributed by atoms with Gasteiger partial charge in [0.05, 0.1) is 11.1 Å². The number of carbonyl (C=O) groups is 1. The molecule has 0 radical (unpaired) electrons. The third-order valence-electron chi connectivity index (χ3n) is 4.46. The lowest BCUT2D eigenvalue weighted by Crippen LogP contribution is -2.50. The Bertz CT molecular complexity index is 791. The second kappa shape index (κ2) is 6.54. The van der Waals surface area contributed by atoms with Crippen molar-refractivity contribution in [3.63, 3.8) is 0 Å². The number of hydrogen-bond acceptors (Lipinski definition) is 3. The van der Waals surface area contributed by atoms with Crippen molar-refractivity contribution in [2.75, 3.05) is 18.0 Å². The Hall–Kier alpha value is -2.31. The molecule has 0 aliphatic carbocycles. The number of carbonyl (C=O) groups excluding carboxylic acids is 1. The van der Waals surface area contributed by atoms with Crippen molar-refractivity contribution >= 4 is 22.5 Å². The van der Waals surface area contributed by atoms with Crippen molar-refractivity contribution in [3.8, 4) is 0 Å². The predicted octanol–water partition coefficient (Wildman–Crippen LogP) is 3.60. The van der Waals surface area contributed by atoms with Gasteiger partial charge in [-0.15, -0.1) is 0 Å². The third kappa shape index (κ3) is 3.70. The summed E-state index contributed by atoms with van der Waals surface area (Å²) in [6.45, 7) is 4.84. The van der Waals surface area contributed by atoms with E-state index in [1.807, 2.05) is 4.90 Å². The fourth-order valence-corrected chi connectivity index (χ4v) is 3.60. The molecule has 0 bridgehead atoms. The molecule has 2 aromatic rings. The summed E-state index contributed by atoms with van der Waals surface area (Å²) in [5.74, 6) is 0.220. The number of halogens is 3. The van der Waals surface area contributed by atoms with Crippen LogP contribution in [0.3, 0.4) is 0 Å². The molecule has 2 atom stereocenters. The van der Waals surface area contributed by atoms with Crippen molar-refractivity contribution in [2.45, 2.75) is 32.5 Å². The number of nitrogens with one attached hydrogen (secondary N) is 1. The Kier molecular flexibility index (Phi) is 4.58. The van der Waals surface area contributed by atoms with E-state index in [1.54, 1.807) is 12.1 Å². The molecule has 2 unspecified atom stereocenters. The monoisotopic (exact) mass is 351 g/mol. The van der Waals surface area contributed by atoms with Gasteiger partial charge in [0.15, 0.2) is 0 Å². The Morgan fingerprint density at radius 3 is 2.72 bits per heavy atom. The van der Waals surface area contributed by atoms with E-state index in [4.69, 9.17) is 0 Å². The molecule has 1 aliphatic rings. The number of hydrogen-bond donors (Lipinski definition) is 1. The third-order valence-corrected chi connectivity index (χ3v) is 4.46. The van der Waals surface area contributed by atoms with Crippen LogP contribution in [0, 0.1) is 5.92 Å². The van der Waals surface area contributed by atoms with Crippen molar-refractivity contribution in [3.05, 3.63) is 36.0 Å². The van der Waals surface area contributed by atoms with Crippen LogP contribution in [0.15, 0.2) is 30.5 Å². The summed E-state index contributed by atoms with van der Waals surface area (Å²) in [5.41, 5.74) is -0.0462. The van der Waals surface area contributed by atoms with E-state index in [9.17, 15) is 18.0 Å². The van der Waals surface area contributed by atoms with Crippen LogP contribution in [0.1, 0.15) is 25.8 Å². The highest BCUT2D eigenvalue weighted by Gasteiger charge is 2.34. The molecule has 1 fully saturated rings. The summed E-state index contributed by atoms with van der Waals surface area (Å²) in [5, 5.41) is 3.40. The fraction of sp³-hybridized carbons (Fsp3) is 0.444. The molecule has 134 valence electrons. The minimum atomic E-state index is -4.45. The van der Waals surface area contributed by atoms with Gasteiger partial charge in [-0.25, -0.2) is 0 Å². The van der Waals surface area contributed by atoms with Crippen molar-refractivity contribution < 1.29 is 18.0 Å². The van der Waals surface area contributed by atoms with Gasteiger partial charge in [0.2, 0.25) is 5.91 Å². The van der Waals surface area contributed by atoms with Gasteiger partial charge in [-0.3, -0.25) is 9.78 Å². The standard InChI is InChI=1S/C18H20F3N3O/c1-11-8-13(23-12(2)25)10-24(9-11)16-6-5-15(18(19,20)21)17-14(16)4-3-7-22-17/h3-7,11,13H,8-10H2,1-2H3,(H,23,25). The van der Waals surface area contributed by atoms with E-state index in [1.165, 1.54) is 19.2 Å². The van der Waals surface area contributed by atoms with E-state index >= 15 is 0 Å². The lowest BCUT2D eigenvalue weighted by Gasteiger charge is -2.38. The molecule has 1 aromatic heterocycles. The summed E-state index contributed by atoms with van der Waals surface area (Å²) in [6.07, 6.45) is -2.22. The second-order valence-corrected chi connectivity index (χ2v) is 6.67. The number of pyridine rings is 1. The molecule has 1 aromatic carbocycles. The van der Waals surface area contributed by atoms with Crippen LogP contribution in [0.25, 0.3) is 10.9 Å². The quantitative estimate of drug-likeness (QED) is 0.899. The van der Waals surface area contributed by atoms with E-state index in [2.05, 4.69) is 17.2 Å². The smallest absolute Gasteiger partial charge is 0.369 e. The second-order valence-electron chi connectivity index (χ2n) is 6.67. The van der Waals surface area contributed by atoms with Crippen LogP contribution in [0.4, 0.5) is 18.9 Å². The molecule has 0 spiro atoms. The van der Waals surface area contributed by atoms with Crippen LogP contribution in [0.2, 0.25) is 0 Å². The average molecular weight is 351 g/mol. The number of fused-ring (bicyclic) bond motifs is 1. The van der Waals surface area contributed by atoms with Gasteiger partial charge in [0.1, 0.15) is 0 Å². The lowest BCUT2D eigenvalue weighted by atomic mass is 9.94. The van der Waals surface area contributed by atoms with Crippen LogP contribution in [-0.4, -0.2) is 30.0 Å². The molecular formula is C18H20F3N3O. The maximum atomic E-state index is 13.3. The number of benzene rings is 1. The van der Waals surface area contributed by atoms with E-state index < -0.39 is 11.7 Å². The topological polar surface area (TPSA) is 45.2 Å². The van der Waals surface area contributed by atoms with Crippen molar-refractivity contribution in [2.24, 2.45) is 5.92 Å². The molecule has 1 N–H and O–H groups in total. The van der Waals surface area contributed by atoms with Crippen LogP contribution < -0.4 is 10.2 Å². The van der Waals surface area contributed by atoms with Gasteiger partial charge in [-0.1, -0.05) is 6.92 Å². The molecule has 1 amide bonds. The van der Waals surface area contributed by atoms with E-state index in [-0.39, 0.29) is 17.5 Å². The summed E-state index contributed by atoms with van der Waals surface area (Å²) in [7, 11) is 0. The summed E-state index contributed by atoms with van der Waals surface area (Å²) >= 11 is 0. The van der Waals surface area contributed by atoms with Crippen LogP contribution in [0.5, 0.6) is 0 Å². The van der Waals surface area contributed by atoms with Gasteiger partial charge in [0.25, 0.3) is 0 Å². The maximum Gasteiger partial charge on any atom is 0.418 e. The zero-order valence-electron chi connectivity index (χ0n) is 14.1. The largest absolute Gasteiger partial charge is 0.418 e. The first kappa shape index (κ1) is 17.5. The zero-order valence-corrected chi connectivity index (χ0v) is 14.1. The summed E-state index contributed by atoms with van der Waals surface area (Å²) in [6, 6.07) is 5.90. The van der Waals surface area contributed by atoms with Gasteiger partial charge < -0.3 is 10.2 Å². The highest BCUT2D eigenvalue weighted by Crippen LogP contribution is 2.38. The first-order chi connectivity index (χ1) is 11.8. The molecular weight excluding hydrogens is 331 g/mol. The first-order valence-corrected chi connectivity index (χ1v) is 8.22. The Morgan fingerprint density at radius 2 is 2.04 bits per heavy atom. The molecule has 4 nitrogen and oxygen atoms in total. The Labute approximate surface area is 144 Å². The van der Waals surface area contributed by atoms with Gasteiger partial charge >= 0.3 is 6.18 Å². The van der Waals surface area contributed by atoms with Crippen molar-refractivity contribution in [1.29, 1.82) is 0 Å². The fourth-order valence-electron chi connectivity index (χ4n) is 3.60. The highest BCUT2D eigenvalue weighted by atomic mass is 19.4. The molecule has 7 heteroatoms. The minimum Gasteiger partial charge on any atom is -0.369 e. The van der Waals surface area contributed by atoms with Gasteiger partial charge in [0, 0.05) is 43.3 Å². The molecule has 25 heavy (non-hydrogen) atoms. The summed E-state index contributed by atoms with van der Waals surface area (Å²) in [4.78, 5) is 17.4. The highest BCUT2D eigenvalue weighted by molar-refractivity contribution is 5.94. The summed E-state index contributed by atoms with van der Waals surface area (Å²) < 4.78 is 39.8. The maximum absolute atomic E-state index is 13.3. The lowest BCUT2D eigenvalue weighted by molar-refractivity contribution is -0.136. The normalized spacial score (nSPS) is 21.4. The first-order valence-electron chi connectivity index (χ1n) is 8.22. The number of alkyl halides is 3. The molecule has 1 saturated heterocycles. The number of aromatic nitrogens is 1. The van der Waals surface area contributed by atoms with Crippen LogP contribution >= 0.6 is 0 Å². The predicted molar refractivity (Wildman–Crippen MR) is 90.3 cm³/mol. The van der Waals surface area contributed by atoms with E-state index in [0.717, 1.165) is 24.7 Å². The van der Waals surface area contributed by atoms with Crippen molar-refractivity contribution in [1.82, 2.24) is 10.3 Å². The number of nitrogens with zero attached hydrogens (tertiary/aromatic N) is 2. The van der Waals surface area contributed by atoms with Gasteiger partial charge in [-0.05, 0) is 36.6 Å². The molecule has 0 saturated carbocycles. The number of rotatable bonds is 2. The molecule has 3 rings (SSSR count). The van der Waals surface area contributed by atoms with E-state index in [0.29, 0.717) is 17.8 Å². The average Bonchev–Trinajstić information content (AvgIpc) is 2.51. The Morgan fingerprint density at radius 1 is 1.28 bits per heavy atom. The Balaban J connectivity index is 2.02. The van der Waals surface area contributed by atoms with Crippen LogP contribution in [-0.2, 0) is 11.0 Å². The molecule has 1 aliphatic heterocycles.